The van der Waals surface area contributed by atoms with E-state index in [-0.39, 0.29) is 5.91 Å². The van der Waals surface area contributed by atoms with Gasteiger partial charge in [-0.15, -0.1) is 0 Å². The van der Waals surface area contributed by atoms with E-state index in [1.165, 1.54) is 0 Å². The first-order valence-electron chi connectivity index (χ1n) is 5.22. The van der Waals surface area contributed by atoms with Gasteiger partial charge in [0.25, 0.3) is 5.91 Å². The molecule has 81 valence electrons. The summed E-state index contributed by atoms with van der Waals surface area (Å²) in [5, 5.41) is 0. The number of piperazine rings is 1. The average Bonchev–Trinajstić information content (AvgIpc) is 2.65. The zero-order valence-corrected chi connectivity index (χ0v) is 9.21. The molecule has 1 radical (unpaired) electrons. The molecule has 4 heteroatoms. The predicted octanol–water partition coefficient (Wildman–Crippen LogP) is 0.511. The maximum absolute atomic E-state index is 12.0. The van der Waals surface area contributed by atoms with Crippen LogP contribution in [-0.2, 0) is 0 Å². The molecule has 4 nitrogen and oxygen atoms in total. The molecule has 1 amide bonds. The van der Waals surface area contributed by atoms with Crippen LogP contribution in [0.2, 0.25) is 0 Å². The van der Waals surface area contributed by atoms with Crippen LogP contribution in [-0.4, -0.2) is 53.9 Å². The zero-order valence-electron chi connectivity index (χ0n) is 9.21. The van der Waals surface area contributed by atoms with Gasteiger partial charge < -0.3 is 14.8 Å². The van der Waals surface area contributed by atoms with E-state index in [1.807, 2.05) is 17.9 Å². The van der Waals surface area contributed by atoms with Crippen LogP contribution in [0, 0.1) is 13.1 Å². The van der Waals surface area contributed by atoms with Crippen LogP contribution in [0.1, 0.15) is 16.1 Å². The third-order valence-electron chi connectivity index (χ3n) is 2.78. The second-order valence-electron chi connectivity index (χ2n) is 4.09. The second kappa shape index (κ2) is 4.06. The Kier molecular flexibility index (Phi) is 2.77. The Morgan fingerprint density at radius 3 is 2.60 bits per heavy atom. The molecule has 0 saturated carbocycles. The first kappa shape index (κ1) is 10.2. The van der Waals surface area contributed by atoms with Gasteiger partial charge in [-0.2, -0.15) is 0 Å². The van der Waals surface area contributed by atoms with Crippen molar-refractivity contribution in [2.24, 2.45) is 0 Å². The number of hydrogen-bond acceptors (Lipinski definition) is 2. The van der Waals surface area contributed by atoms with Gasteiger partial charge in [-0.25, -0.2) is 0 Å². The fourth-order valence-corrected chi connectivity index (χ4v) is 1.75. The van der Waals surface area contributed by atoms with Crippen molar-refractivity contribution < 1.29 is 4.79 Å². The lowest BCUT2D eigenvalue weighted by molar-refractivity contribution is 0.0659. The molecule has 0 unspecified atom stereocenters. The van der Waals surface area contributed by atoms with E-state index in [0.717, 1.165) is 31.7 Å². The molecule has 0 aromatic carbocycles. The number of rotatable bonds is 1. The zero-order chi connectivity index (χ0) is 10.8. The second-order valence-corrected chi connectivity index (χ2v) is 4.09. The average molecular weight is 206 g/mol. The minimum absolute atomic E-state index is 0.0902. The lowest BCUT2D eigenvalue weighted by Gasteiger charge is -2.32. The van der Waals surface area contributed by atoms with Gasteiger partial charge in [0, 0.05) is 26.2 Å². The van der Waals surface area contributed by atoms with Gasteiger partial charge in [-0.05, 0) is 25.6 Å². The molecule has 2 rings (SSSR count). The maximum atomic E-state index is 12.0. The summed E-state index contributed by atoms with van der Waals surface area (Å²) in [6.07, 6.45) is 2.91. The van der Waals surface area contributed by atoms with Crippen LogP contribution in [0.5, 0.6) is 0 Å². The van der Waals surface area contributed by atoms with Gasteiger partial charge >= 0.3 is 0 Å². The molecule has 1 fully saturated rings. The van der Waals surface area contributed by atoms with E-state index < -0.39 is 0 Å². The van der Waals surface area contributed by atoms with Crippen molar-refractivity contribution in [3.63, 3.8) is 0 Å². The highest BCUT2D eigenvalue weighted by molar-refractivity contribution is 5.92. The van der Waals surface area contributed by atoms with E-state index in [2.05, 4.69) is 23.1 Å². The summed E-state index contributed by atoms with van der Waals surface area (Å²) >= 11 is 0. The molecule has 1 aliphatic rings. The Labute approximate surface area is 89.9 Å². The summed E-state index contributed by atoms with van der Waals surface area (Å²) in [6.45, 7) is 5.46. The largest absolute Gasteiger partial charge is 0.349 e. The molecule has 0 aliphatic carbocycles. The molecule has 0 spiro atoms. The quantitative estimate of drug-likeness (QED) is 0.727. The summed E-state index contributed by atoms with van der Waals surface area (Å²) in [6, 6.07) is 1.85. The highest BCUT2D eigenvalue weighted by Gasteiger charge is 2.20. The third kappa shape index (κ3) is 2.21. The minimum atomic E-state index is 0.0902. The van der Waals surface area contributed by atoms with Crippen LogP contribution < -0.4 is 0 Å². The van der Waals surface area contributed by atoms with E-state index in [1.54, 1.807) is 0 Å². The van der Waals surface area contributed by atoms with Crippen molar-refractivity contribution in [3.8, 4) is 0 Å². The van der Waals surface area contributed by atoms with Crippen molar-refractivity contribution in [2.75, 3.05) is 33.2 Å². The first-order chi connectivity index (χ1) is 7.16. The Hall–Kier alpha value is -1.29. The van der Waals surface area contributed by atoms with Crippen LogP contribution in [0.25, 0.3) is 0 Å². The van der Waals surface area contributed by atoms with Gasteiger partial charge in [-0.3, -0.25) is 4.79 Å². The van der Waals surface area contributed by atoms with Crippen molar-refractivity contribution in [1.82, 2.24) is 14.8 Å². The molecular formula is C11H16N3O. The molecule has 15 heavy (non-hydrogen) atoms. The number of H-pyrrole nitrogens is 1. The number of aryl methyl sites for hydroxylation is 1. The summed E-state index contributed by atoms with van der Waals surface area (Å²) in [7, 11) is 2.08. The molecule has 1 N–H and O–H groups in total. The Morgan fingerprint density at radius 1 is 1.40 bits per heavy atom. The summed E-state index contributed by atoms with van der Waals surface area (Å²) in [5.41, 5.74) is 1.63. The number of nitrogens with one attached hydrogen (secondary N) is 1. The lowest BCUT2D eigenvalue weighted by atomic mass is 10.2. The van der Waals surface area contributed by atoms with Crippen LogP contribution in [0.15, 0.2) is 6.07 Å². The molecule has 1 aromatic heterocycles. The number of carbonyl (C=O) groups excluding carboxylic acids is 1. The van der Waals surface area contributed by atoms with Crippen molar-refractivity contribution >= 4 is 5.91 Å². The third-order valence-corrected chi connectivity index (χ3v) is 2.78. The summed E-state index contributed by atoms with van der Waals surface area (Å²) < 4.78 is 0. The monoisotopic (exact) mass is 206 g/mol. The number of nitrogens with zero attached hydrogens (tertiary/aromatic N) is 2. The Balaban J connectivity index is 2.02. The predicted molar refractivity (Wildman–Crippen MR) is 57.8 cm³/mol. The molecular weight excluding hydrogens is 190 g/mol. The maximum Gasteiger partial charge on any atom is 0.270 e. The van der Waals surface area contributed by atoms with Gasteiger partial charge in [-0.1, -0.05) is 0 Å². The Morgan fingerprint density at radius 2 is 2.07 bits per heavy atom. The normalized spacial score (nSPS) is 18.1. The molecule has 2 heterocycles. The first-order valence-corrected chi connectivity index (χ1v) is 5.22. The molecule has 0 bridgehead atoms. The fraction of sp³-hybridized carbons (Fsp3) is 0.545. The van der Waals surface area contributed by atoms with Gasteiger partial charge in [0.05, 0.1) is 6.20 Å². The topological polar surface area (TPSA) is 39.3 Å². The fourth-order valence-electron chi connectivity index (χ4n) is 1.75. The smallest absolute Gasteiger partial charge is 0.270 e. The summed E-state index contributed by atoms with van der Waals surface area (Å²) in [5.74, 6) is 0.0902. The molecule has 1 aliphatic heterocycles. The van der Waals surface area contributed by atoms with Gasteiger partial charge in [0.1, 0.15) is 5.69 Å². The lowest BCUT2D eigenvalue weighted by Crippen LogP contribution is -2.47. The molecule has 1 saturated heterocycles. The highest BCUT2D eigenvalue weighted by atomic mass is 16.2. The van der Waals surface area contributed by atoms with Crippen LogP contribution in [0.4, 0.5) is 0 Å². The van der Waals surface area contributed by atoms with Gasteiger partial charge in [0.15, 0.2) is 0 Å². The number of carbonyl (C=O) groups is 1. The van der Waals surface area contributed by atoms with E-state index >= 15 is 0 Å². The molecule has 1 aromatic rings. The summed E-state index contributed by atoms with van der Waals surface area (Å²) in [4.78, 5) is 19.0. The van der Waals surface area contributed by atoms with E-state index in [4.69, 9.17) is 0 Å². The minimum Gasteiger partial charge on any atom is -0.349 e. The number of aromatic amines is 1. The SMILES string of the molecule is Cc1[c][nH]c(C(=O)N2CCN(C)CC2)c1. The standard InChI is InChI=1S/C11H16N3O/c1-9-7-10(12-8-9)11(15)14-5-3-13(2)4-6-14/h7,12H,3-6H2,1-2H3. The van der Waals surface area contributed by atoms with Crippen LogP contribution in [0.3, 0.4) is 0 Å². The van der Waals surface area contributed by atoms with E-state index in [9.17, 15) is 4.79 Å². The van der Waals surface area contributed by atoms with E-state index in [0.29, 0.717) is 5.69 Å². The van der Waals surface area contributed by atoms with Crippen molar-refractivity contribution in [3.05, 3.63) is 23.5 Å². The molecule has 0 atom stereocenters. The number of hydrogen-bond donors (Lipinski definition) is 1. The Bertz CT molecular complexity index is 350. The van der Waals surface area contributed by atoms with Gasteiger partial charge in [0.2, 0.25) is 0 Å². The number of aromatic nitrogens is 1. The van der Waals surface area contributed by atoms with Crippen LogP contribution >= 0.6 is 0 Å². The number of amides is 1. The van der Waals surface area contributed by atoms with Crippen molar-refractivity contribution in [2.45, 2.75) is 6.92 Å². The van der Waals surface area contributed by atoms with Crippen molar-refractivity contribution in [1.29, 1.82) is 0 Å². The number of likely N-dealkylation sites (N-methyl/N-ethyl adjacent to an activating group) is 1. The highest BCUT2D eigenvalue weighted by Crippen LogP contribution is 2.07.